The van der Waals surface area contributed by atoms with E-state index < -0.39 is 0 Å². The first-order valence-corrected chi connectivity index (χ1v) is 10.9. The highest BCUT2D eigenvalue weighted by molar-refractivity contribution is 5.83. The van der Waals surface area contributed by atoms with E-state index in [1.807, 2.05) is 11.0 Å². The number of hydrogen-bond donors (Lipinski definition) is 1. The zero-order valence-corrected chi connectivity index (χ0v) is 17.8. The Balaban J connectivity index is 1.15. The van der Waals surface area contributed by atoms with Gasteiger partial charge in [-0.15, -0.1) is 0 Å². The molecule has 1 fully saturated rings. The number of pyridine rings is 1. The van der Waals surface area contributed by atoms with Gasteiger partial charge in [0, 0.05) is 38.9 Å². The van der Waals surface area contributed by atoms with Crippen LogP contribution in [0.3, 0.4) is 0 Å². The minimum atomic E-state index is -0.205. The third-order valence-corrected chi connectivity index (χ3v) is 5.99. The highest BCUT2D eigenvalue weighted by Gasteiger charge is 2.21. The lowest BCUT2D eigenvalue weighted by atomic mass is 10.1. The SMILES string of the molecule is O=C(CNc1cnc2ccccn2c1=O)N1CCN(Cc2ccc3ccccc3c2)CC1. The van der Waals surface area contributed by atoms with Gasteiger partial charge in [-0.2, -0.15) is 0 Å². The molecule has 2 aromatic carbocycles. The number of piperazine rings is 1. The summed E-state index contributed by atoms with van der Waals surface area (Å²) >= 11 is 0. The van der Waals surface area contributed by atoms with Crippen molar-refractivity contribution < 1.29 is 4.79 Å². The topological polar surface area (TPSA) is 70.0 Å². The molecule has 0 spiro atoms. The molecule has 162 valence electrons. The number of benzene rings is 2. The standard InChI is InChI=1S/C25H25N5O2/c31-24(17-26-22-16-27-23-7-3-4-10-30(23)25(22)32)29-13-11-28(12-14-29)18-19-8-9-20-5-1-2-6-21(20)15-19/h1-10,15-16,26H,11-14,17-18H2. The molecule has 5 rings (SSSR count). The molecule has 4 aromatic rings. The first-order chi connectivity index (χ1) is 15.7. The molecule has 0 unspecified atom stereocenters. The van der Waals surface area contributed by atoms with Crippen LogP contribution in [0.4, 0.5) is 5.69 Å². The summed E-state index contributed by atoms with van der Waals surface area (Å²) in [4.78, 5) is 33.7. The van der Waals surface area contributed by atoms with Gasteiger partial charge in [0.1, 0.15) is 11.3 Å². The molecule has 1 amide bonds. The molecule has 0 aliphatic carbocycles. The lowest BCUT2D eigenvalue weighted by Gasteiger charge is -2.35. The average molecular weight is 428 g/mol. The molecule has 1 N–H and O–H groups in total. The predicted octanol–water partition coefficient (Wildman–Crippen LogP) is 2.60. The first-order valence-electron chi connectivity index (χ1n) is 10.9. The van der Waals surface area contributed by atoms with Gasteiger partial charge in [-0.3, -0.25) is 18.9 Å². The minimum Gasteiger partial charge on any atom is -0.370 e. The van der Waals surface area contributed by atoms with Crippen LogP contribution in [0.25, 0.3) is 16.4 Å². The number of nitrogens with one attached hydrogen (secondary N) is 1. The van der Waals surface area contributed by atoms with Gasteiger partial charge in [-0.1, -0.05) is 42.5 Å². The fourth-order valence-corrected chi connectivity index (χ4v) is 4.18. The number of rotatable bonds is 5. The molecular weight excluding hydrogens is 402 g/mol. The van der Waals surface area contributed by atoms with Crippen LogP contribution in [0, 0.1) is 0 Å². The number of nitrogens with zero attached hydrogens (tertiary/aromatic N) is 4. The van der Waals surface area contributed by atoms with Gasteiger partial charge in [0.2, 0.25) is 5.91 Å². The van der Waals surface area contributed by atoms with E-state index in [1.165, 1.54) is 26.9 Å². The van der Waals surface area contributed by atoms with Crippen LogP contribution < -0.4 is 10.9 Å². The van der Waals surface area contributed by atoms with Crippen molar-refractivity contribution in [2.45, 2.75) is 6.54 Å². The van der Waals surface area contributed by atoms with Gasteiger partial charge < -0.3 is 10.2 Å². The summed E-state index contributed by atoms with van der Waals surface area (Å²) in [5, 5.41) is 5.47. The van der Waals surface area contributed by atoms with Crippen molar-refractivity contribution in [3.05, 3.63) is 89.0 Å². The molecule has 0 saturated carbocycles. The molecular formula is C25H25N5O2. The molecule has 0 bridgehead atoms. The quantitative estimate of drug-likeness (QED) is 0.530. The fraction of sp³-hybridized carbons (Fsp3) is 0.240. The van der Waals surface area contributed by atoms with E-state index in [0.29, 0.717) is 24.4 Å². The highest BCUT2D eigenvalue weighted by Crippen LogP contribution is 2.17. The van der Waals surface area contributed by atoms with E-state index in [4.69, 9.17) is 0 Å². The van der Waals surface area contributed by atoms with Crippen LogP contribution in [-0.2, 0) is 11.3 Å². The van der Waals surface area contributed by atoms with Crippen molar-refractivity contribution in [1.29, 1.82) is 0 Å². The van der Waals surface area contributed by atoms with E-state index in [-0.39, 0.29) is 18.0 Å². The third kappa shape index (κ3) is 4.20. The molecule has 0 atom stereocenters. The monoisotopic (exact) mass is 427 g/mol. The van der Waals surface area contributed by atoms with E-state index in [0.717, 1.165) is 19.6 Å². The second kappa shape index (κ2) is 8.80. The maximum Gasteiger partial charge on any atom is 0.281 e. The maximum absolute atomic E-state index is 12.7. The molecule has 7 nitrogen and oxygen atoms in total. The molecule has 7 heteroatoms. The minimum absolute atomic E-state index is 0.00656. The molecule has 1 saturated heterocycles. The zero-order valence-electron chi connectivity index (χ0n) is 17.8. The van der Waals surface area contributed by atoms with Gasteiger partial charge in [0.25, 0.3) is 5.56 Å². The Morgan fingerprint density at radius 3 is 2.56 bits per heavy atom. The summed E-state index contributed by atoms with van der Waals surface area (Å²) in [6.07, 6.45) is 3.17. The van der Waals surface area contributed by atoms with Crippen LogP contribution in [-0.4, -0.2) is 57.8 Å². The van der Waals surface area contributed by atoms with Crippen molar-refractivity contribution in [3.63, 3.8) is 0 Å². The van der Waals surface area contributed by atoms with Crippen LogP contribution in [0.15, 0.2) is 77.9 Å². The zero-order chi connectivity index (χ0) is 21.9. The number of anilines is 1. The largest absolute Gasteiger partial charge is 0.370 e. The van der Waals surface area contributed by atoms with Crippen molar-refractivity contribution in [1.82, 2.24) is 19.2 Å². The van der Waals surface area contributed by atoms with Gasteiger partial charge in [-0.25, -0.2) is 4.98 Å². The fourth-order valence-electron chi connectivity index (χ4n) is 4.18. The van der Waals surface area contributed by atoms with Crippen LogP contribution in [0.2, 0.25) is 0 Å². The van der Waals surface area contributed by atoms with Gasteiger partial charge >= 0.3 is 0 Å². The number of carbonyl (C=O) groups is 1. The van der Waals surface area contributed by atoms with E-state index in [9.17, 15) is 9.59 Å². The summed E-state index contributed by atoms with van der Waals surface area (Å²) in [5.74, 6) is -0.00656. The van der Waals surface area contributed by atoms with Crippen LogP contribution >= 0.6 is 0 Å². The lowest BCUT2D eigenvalue weighted by Crippen LogP contribution is -2.49. The molecule has 32 heavy (non-hydrogen) atoms. The Bertz CT molecular complexity index is 1320. The smallest absolute Gasteiger partial charge is 0.281 e. The van der Waals surface area contributed by atoms with Gasteiger partial charge in [0.05, 0.1) is 12.7 Å². The summed E-state index contributed by atoms with van der Waals surface area (Å²) in [6, 6.07) is 20.4. The predicted molar refractivity (Wildman–Crippen MR) is 126 cm³/mol. The molecule has 2 aromatic heterocycles. The number of fused-ring (bicyclic) bond motifs is 2. The Hall–Kier alpha value is -3.71. The summed E-state index contributed by atoms with van der Waals surface area (Å²) in [6.45, 7) is 3.99. The van der Waals surface area contributed by atoms with E-state index in [1.54, 1.807) is 18.3 Å². The Labute approximate surface area is 185 Å². The third-order valence-electron chi connectivity index (χ3n) is 5.99. The summed E-state index contributed by atoms with van der Waals surface area (Å²) < 4.78 is 1.47. The normalized spacial score (nSPS) is 14.7. The molecule has 0 radical (unpaired) electrons. The Morgan fingerprint density at radius 1 is 0.938 bits per heavy atom. The number of aromatic nitrogens is 2. The summed E-state index contributed by atoms with van der Waals surface area (Å²) in [5.41, 5.74) is 1.99. The number of hydrogen-bond acceptors (Lipinski definition) is 5. The van der Waals surface area contributed by atoms with Gasteiger partial charge in [-0.05, 0) is 34.5 Å². The van der Waals surface area contributed by atoms with Crippen molar-refractivity contribution >= 4 is 28.0 Å². The average Bonchev–Trinajstić information content (AvgIpc) is 2.84. The van der Waals surface area contributed by atoms with E-state index >= 15 is 0 Å². The molecule has 1 aliphatic rings. The Kier molecular flexibility index (Phi) is 5.56. The number of amides is 1. The van der Waals surface area contributed by atoms with Crippen molar-refractivity contribution in [2.24, 2.45) is 0 Å². The van der Waals surface area contributed by atoms with E-state index in [2.05, 4.69) is 57.7 Å². The van der Waals surface area contributed by atoms with Crippen molar-refractivity contribution in [2.75, 3.05) is 38.0 Å². The highest BCUT2D eigenvalue weighted by atomic mass is 16.2. The second-order valence-electron chi connectivity index (χ2n) is 8.10. The van der Waals surface area contributed by atoms with Gasteiger partial charge in [0.15, 0.2) is 0 Å². The van der Waals surface area contributed by atoms with Crippen LogP contribution in [0.1, 0.15) is 5.56 Å². The molecule has 1 aliphatic heterocycles. The second-order valence-corrected chi connectivity index (χ2v) is 8.10. The van der Waals surface area contributed by atoms with Crippen LogP contribution in [0.5, 0.6) is 0 Å². The Morgan fingerprint density at radius 2 is 1.72 bits per heavy atom. The number of carbonyl (C=O) groups excluding carboxylic acids is 1. The molecule has 3 heterocycles. The summed E-state index contributed by atoms with van der Waals surface area (Å²) in [7, 11) is 0. The lowest BCUT2D eigenvalue weighted by molar-refractivity contribution is -0.131. The first kappa shape index (κ1) is 20.2. The maximum atomic E-state index is 12.7. The van der Waals surface area contributed by atoms with Crippen molar-refractivity contribution in [3.8, 4) is 0 Å².